The van der Waals surface area contributed by atoms with Gasteiger partial charge in [-0.15, -0.1) is 0 Å². The Morgan fingerprint density at radius 3 is 2.30 bits per heavy atom. The van der Waals surface area contributed by atoms with Gasteiger partial charge in [0.1, 0.15) is 0 Å². The molecule has 196 valence electrons. The number of aromatic amines is 1. The highest BCUT2D eigenvalue weighted by Gasteiger charge is 2.37. The third kappa shape index (κ3) is 5.17. The zero-order valence-corrected chi connectivity index (χ0v) is 20.5. The number of H-pyrrole nitrogens is 1. The molecule has 2 heterocycles. The number of hydrogen-bond donors (Lipinski definition) is 5. The van der Waals surface area contributed by atoms with Crippen LogP contribution in [0.1, 0.15) is 28.3 Å². The molecule has 3 unspecified atom stereocenters. The zero-order valence-electron chi connectivity index (χ0n) is 20.5. The first-order valence-corrected chi connectivity index (χ1v) is 11.8. The second kappa shape index (κ2) is 11.0. The standard InChI is InChI=1S/C23H24N2O2.C4H6O6/c1-26-20-11-16-8-9-25(14-15-6-4-3-5-7-15)19-10-17-12-24-13-18(17)22(21(16)19)23(20)27-2;5-1(3(7)8)2(6)4(9)10/h3-7,11-13,19,24H,8-10,14H2,1-2H3;1-2,5-6H,(H,7,8)(H,9,10). The van der Waals surface area contributed by atoms with E-state index >= 15 is 0 Å². The van der Waals surface area contributed by atoms with Crippen molar-refractivity contribution in [2.24, 2.45) is 0 Å². The van der Waals surface area contributed by atoms with Gasteiger partial charge in [0, 0.05) is 42.7 Å². The van der Waals surface area contributed by atoms with Crippen LogP contribution in [0, 0.1) is 0 Å². The number of nitrogens with one attached hydrogen (secondary N) is 1. The molecule has 2 aliphatic rings. The van der Waals surface area contributed by atoms with Crippen LogP contribution in [-0.4, -0.2) is 75.2 Å². The summed E-state index contributed by atoms with van der Waals surface area (Å²) >= 11 is 0. The van der Waals surface area contributed by atoms with Crippen LogP contribution in [0.4, 0.5) is 0 Å². The van der Waals surface area contributed by atoms with Crippen molar-refractivity contribution in [2.75, 3.05) is 20.8 Å². The topological polar surface area (TPSA) is 153 Å². The minimum Gasteiger partial charge on any atom is -0.493 e. The number of hydrogen-bond acceptors (Lipinski definition) is 7. The monoisotopic (exact) mass is 510 g/mol. The molecule has 0 radical (unpaired) electrons. The van der Waals surface area contributed by atoms with Gasteiger partial charge in [-0.3, -0.25) is 4.90 Å². The van der Waals surface area contributed by atoms with Crippen molar-refractivity contribution in [3.63, 3.8) is 0 Å². The molecule has 5 N–H and O–H groups in total. The highest BCUT2D eigenvalue weighted by molar-refractivity contribution is 5.84. The first-order valence-electron chi connectivity index (χ1n) is 11.8. The summed E-state index contributed by atoms with van der Waals surface area (Å²) in [7, 11) is 3.46. The van der Waals surface area contributed by atoms with Crippen LogP contribution in [0.3, 0.4) is 0 Å². The molecule has 10 heteroatoms. The van der Waals surface area contributed by atoms with Crippen molar-refractivity contribution in [2.45, 2.75) is 37.6 Å². The Kier molecular flexibility index (Phi) is 7.82. The lowest BCUT2D eigenvalue weighted by Crippen LogP contribution is -2.39. The number of rotatable bonds is 7. The molecule has 5 rings (SSSR count). The maximum atomic E-state index is 9.77. The van der Waals surface area contributed by atoms with Crippen molar-refractivity contribution >= 4 is 11.9 Å². The molecule has 0 bridgehead atoms. The molecule has 37 heavy (non-hydrogen) atoms. The fourth-order valence-corrected chi connectivity index (χ4v) is 5.03. The van der Waals surface area contributed by atoms with Gasteiger partial charge in [0.05, 0.1) is 14.2 Å². The molecule has 3 atom stereocenters. The Hall–Kier alpha value is -3.86. The Morgan fingerprint density at radius 2 is 1.70 bits per heavy atom. The van der Waals surface area contributed by atoms with Gasteiger partial charge in [-0.2, -0.15) is 0 Å². The summed E-state index contributed by atoms with van der Waals surface area (Å²) < 4.78 is 11.5. The lowest BCUT2D eigenvalue weighted by molar-refractivity contribution is -0.165. The highest BCUT2D eigenvalue weighted by Crippen LogP contribution is 2.52. The van der Waals surface area contributed by atoms with Crippen LogP contribution in [0.5, 0.6) is 11.5 Å². The van der Waals surface area contributed by atoms with Gasteiger partial charge in [0.15, 0.2) is 23.7 Å². The first-order chi connectivity index (χ1) is 17.8. The van der Waals surface area contributed by atoms with Crippen molar-refractivity contribution < 1.29 is 39.5 Å². The number of carboxylic acids is 2. The summed E-state index contributed by atoms with van der Waals surface area (Å²) in [5, 5.41) is 32.5. The number of methoxy groups -OCH3 is 2. The summed E-state index contributed by atoms with van der Waals surface area (Å²) in [6, 6.07) is 13.3. The Bertz CT molecular complexity index is 1250. The van der Waals surface area contributed by atoms with E-state index in [9.17, 15) is 9.59 Å². The van der Waals surface area contributed by atoms with Gasteiger partial charge < -0.3 is 34.9 Å². The molecule has 2 aromatic carbocycles. The zero-order chi connectivity index (χ0) is 26.7. The van der Waals surface area contributed by atoms with Gasteiger partial charge in [0.25, 0.3) is 0 Å². The molecule has 0 amide bonds. The highest BCUT2D eigenvalue weighted by atomic mass is 16.5. The summed E-state index contributed by atoms with van der Waals surface area (Å²) in [6.07, 6.45) is 1.76. The van der Waals surface area contributed by atoms with E-state index in [1.54, 1.807) is 14.2 Å². The van der Waals surface area contributed by atoms with Crippen LogP contribution in [0.25, 0.3) is 11.1 Å². The molecule has 3 aromatic rings. The van der Waals surface area contributed by atoms with Gasteiger partial charge in [-0.1, -0.05) is 30.3 Å². The maximum absolute atomic E-state index is 9.77. The Labute approximate surface area is 213 Å². The molecular formula is C27H30N2O8. The third-order valence-corrected chi connectivity index (χ3v) is 6.79. The van der Waals surface area contributed by atoms with E-state index in [4.69, 9.17) is 29.9 Å². The average Bonchev–Trinajstić information content (AvgIpc) is 3.38. The fraction of sp³-hybridized carbons (Fsp3) is 0.333. The number of aromatic nitrogens is 1. The van der Waals surface area contributed by atoms with E-state index in [1.807, 2.05) is 0 Å². The van der Waals surface area contributed by atoms with Gasteiger partial charge >= 0.3 is 11.9 Å². The number of fused-ring (bicyclic) bond motifs is 2. The van der Waals surface area contributed by atoms with Crippen molar-refractivity contribution in [1.82, 2.24) is 9.88 Å². The second-order valence-electron chi connectivity index (χ2n) is 8.95. The lowest BCUT2D eigenvalue weighted by Gasteiger charge is -2.41. The molecule has 10 nitrogen and oxygen atoms in total. The lowest BCUT2D eigenvalue weighted by atomic mass is 9.77. The van der Waals surface area contributed by atoms with E-state index in [1.165, 1.54) is 33.4 Å². The molecule has 0 fully saturated rings. The van der Waals surface area contributed by atoms with Gasteiger partial charge in [-0.05, 0) is 41.2 Å². The van der Waals surface area contributed by atoms with E-state index in [2.05, 4.69) is 58.7 Å². The van der Waals surface area contributed by atoms with Gasteiger partial charge in [-0.25, -0.2) is 9.59 Å². The molecule has 1 aromatic heterocycles. The third-order valence-electron chi connectivity index (χ3n) is 6.79. The van der Waals surface area contributed by atoms with E-state index < -0.39 is 24.1 Å². The minimum absolute atomic E-state index is 0.368. The molecule has 0 saturated heterocycles. The fourth-order valence-electron chi connectivity index (χ4n) is 5.03. The maximum Gasteiger partial charge on any atom is 0.335 e. The summed E-state index contributed by atoms with van der Waals surface area (Å²) in [5.41, 5.74) is 7.98. The van der Waals surface area contributed by atoms with Crippen molar-refractivity contribution in [1.29, 1.82) is 0 Å². The molecule has 0 spiro atoms. The number of aliphatic carboxylic acids is 2. The SMILES string of the molecule is COc1cc2c3c(c1OC)-c1c[nH]cc1CC3N(Cc1ccccc1)CC2.O=C(O)C(O)C(O)C(=O)O. The normalized spacial score (nSPS) is 17.4. The summed E-state index contributed by atoms with van der Waals surface area (Å²) in [5.74, 6) is -1.86. The average molecular weight is 511 g/mol. The molecule has 1 aliphatic heterocycles. The number of aliphatic hydroxyl groups excluding tert-OH is 2. The number of benzene rings is 2. The van der Waals surface area contributed by atoms with Crippen LogP contribution in [-0.2, 0) is 29.0 Å². The van der Waals surface area contributed by atoms with Crippen molar-refractivity contribution in [3.8, 4) is 22.6 Å². The number of aliphatic hydroxyl groups is 2. The molecule has 1 aliphatic carbocycles. The number of carbonyl (C=O) groups is 2. The predicted molar refractivity (Wildman–Crippen MR) is 134 cm³/mol. The van der Waals surface area contributed by atoms with E-state index in [0.29, 0.717) is 6.04 Å². The Morgan fingerprint density at radius 1 is 1.03 bits per heavy atom. The van der Waals surface area contributed by atoms with Crippen LogP contribution in [0.15, 0.2) is 48.8 Å². The van der Waals surface area contributed by atoms with Gasteiger partial charge in [0.2, 0.25) is 0 Å². The number of carboxylic acid groups (broad SMARTS) is 2. The van der Waals surface area contributed by atoms with Crippen molar-refractivity contribution in [3.05, 3.63) is 71.0 Å². The van der Waals surface area contributed by atoms with Crippen LogP contribution >= 0.6 is 0 Å². The first kappa shape index (κ1) is 26.2. The van der Waals surface area contributed by atoms with E-state index in [-0.39, 0.29) is 0 Å². The van der Waals surface area contributed by atoms with Crippen LogP contribution in [0.2, 0.25) is 0 Å². The largest absolute Gasteiger partial charge is 0.493 e. The van der Waals surface area contributed by atoms with E-state index in [0.717, 1.165) is 37.4 Å². The summed E-state index contributed by atoms with van der Waals surface area (Å²) in [4.78, 5) is 25.5. The number of nitrogens with zero attached hydrogens (tertiary/aromatic N) is 1. The quantitative estimate of drug-likeness (QED) is 0.322. The van der Waals surface area contributed by atoms with Crippen LogP contribution < -0.4 is 9.47 Å². The molecular weight excluding hydrogens is 480 g/mol. The number of ether oxygens (including phenoxy) is 2. The predicted octanol–water partition coefficient (Wildman–Crippen LogP) is 2.23. The summed E-state index contributed by atoms with van der Waals surface area (Å²) in [6.45, 7) is 2.03. The smallest absolute Gasteiger partial charge is 0.335 e. The second-order valence-corrected chi connectivity index (χ2v) is 8.95. The minimum atomic E-state index is -2.27. The molecule has 0 saturated carbocycles. The Balaban J connectivity index is 0.000000275.